The van der Waals surface area contributed by atoms with Crippen molar-refractivity contribution in [1.82, 2.24) is 0 Å². The molecule has 0 aliphatic heterocycles. The van der Waals surface area contributed by atoms with Gasteiger partial charge in [0, 0.05) is 32.0 Å². The molecule has 0 aliphatic carbocycles. The molecule has 112 valence electrons. The molecule has 0 radical (unpaired) electrons. The Bertz CT molecular complexity index is 435. The molecular formula is C13H20N2O5. The van der Waals surface area contributed by atoms with Crippen LogP contribution in [-0.4, -0.2) is 38.6 Å². The van der Waals surface area contributed by atoms with Crippen LogP contribution in [0.4, 0.5) is 11.4 Å². The maximum atomic E-state index is 10.9. The molecule has 0 bridgehead atoms. The molecule has 0 saturated heterocycles. The van der Waals surface area contributed by atoms with Gasteiger partial charge in [-0.25, -0.2) is 0 Å². The van der Waals surface area contributed by atoms with Crippen molar-refractivity contribution >= 4 is 11.4 Å². The molecule has 1 aromatic rings. The summed E-state index contributed by atoms with van der Waals surface area (Å²) in [6.45, 7) is 2.86. The average molecular weight is 284 g/mol. The van der Waals surface area contributed by atoms with Gasteiger partial charge in [0.2, 0.25) is 0 Å². The lowest BCUT2D eigenvalue weighted by molar-refractivity contribution is -0.384. The molecule has 1 N–H and O–H groups in total. The number of rotatable bonds is 9. The molecule has 7 nitrogen and oxygen atoms in total. The highest BCUT2D eigenvalue weighted by atomic mass is 16.7. The fraction of sp³-hybridized carbons (Fsp3) is 0.538. The standard InChI is InChI=1S/C13H20N2O5/c1-4-5-20-12-7-10(6-11(8-12)15(16)17)14-9-13(18-2)19-3/h6-8,13-14H,4-5,9H2,1-3H3. The maximum Gasteiger partial charge on any atom is 0.275 e. The van der Waals surface area contributed by atoms with Gasteiger partial charge < -0.3 is 19.5 Å². The zero-order valence-electron chi connectivity index (χ0n) is 11.9. The SMILES string of the molecule is CCCOc1cc(NCC(OC)OC)cc([N+](=O)[O-])c1. The van der Waals surface area contributed by atoms with Gasteiger partial charge in [0.25, 0.3) is 5.69 Å². The van der Waals surface area contributed by atoms with E-state index in [0.29, 0.717) is 24.6 Å². The van der Waals surface area contributed by atoms with E-state index in [1.54, 1.807) is 6.07 Å². The van der Waals surface area contributed by atoms with E-state index < -0.39 is 11.2 Å². The topological polar surface area (TPSA) is 82.9 Å². The Kier molecular flexibility index (Phi) is 6.75. The molecule has 0 amide bonds. The van der Waals surface area contributed by atoms with E-state index >= 15 is 0 Å². The van der Waals surface area contributed by atoms with Gasteiger partial charge in [-0.2, -0.15) is 0 Å². The quantitative estimate of drug-likeness (QED) is 0.426. The minimum Gasteiger partial charge on any atom is -0.493 e. The van der Waals surface area contributed by atoms with Crippen LogP contribution in [0.2, 0.25) is 0 Å². The third-order valence-corrected chi connectivity index (χ3v) is 2.57. The van der Waals surface area contributed by atoms with Crippen molar-refractivity contribution in [1.29, 1.82) is 0 Å². The van der Waals surface area contributed by atoms with Gasteiger partial charge >= 0.3 is 0 Å². The smallest absolute Gasteiger partial charge is 0.275 e. The van der Waals surface area contributed by atoms with E-state index in [0.717, 1.165) is 6.42 Å². The van der Waals surface area contributed by atoms with Crippen molar-refractivity contribution in [2.75, 3.05) is 32.7 Å². The summed E-state index contributed by atoms with van der Waals surface area (Å²) in [5.74, 6) is 0.468. The molecule has 0 spiro atoms. The fourth-order valence-corrected chi connectivity index (χ4v) is 1.56. The summed E-state index contributed by atoms with van der Waals surface area (Å²) in [5, 5.41) is 13.9. The number of hydrogen-bond donors (Lipinski definition) is 1. The molecule has 0 unspecified atom stereocenters. The number of nitro groups is 1. The second-order valence-electron chi connectivity index (χ2n) is 4.10. The van der Waals surface area contributed by atoms with Crippen LogP contribution in [0.5, 0.6) is 5.75 Å². The normalized spacial score (nSPS) is 10.6. The Balaban J connectivity index is 2.82. The second kappa shape index (κ2) is 8.34. The number of nitrogens with zero attached hydrogens (tertiary/aromatic N) is 1. The van der Waals surface area contributed by atoms with E-state index in [2.05, 4.69) is 5.32 Å². The highest BCUT2D eigenvalue weighted by molar-refractivity contribution is 5.56. The predicted octanol–water partition coefficient (Wildman–Crippen LogP) is 2.41. The third kappa shape index (κ3) is 5.02. The number of non-ortho nitro benzene ring substituents is 1. The molecule has 0 saturated carbocycles. The monoisotopic (exact) mass is 284 g/mol. The number of benzene rings is 1. The summed E-state index contributed by atoms with van der Waals surface area (Å²) in [7, 11) is 3.05. The largest absolute Gasteiger partial charge is 0.493 e. The van der Waals surface area contributed by atoms with Gasteiger partial charge in [-0.15, -0.1) is 0 Å². The zero-order chi connectivity index (χ0) is 15.0. The Morgan fingerprint density at radius 2 is 2.00 bits per heavy atom. The molecule has 0 heterocycles. The van der Waals surface area contributed by atoms with E-state index in [1.165, 1.54) is 26.4 Å². The second-order valence-corrected chi connectivity index (χ2v) is 4.10. The minimum atomic E-state index is -0.450. The summed E-state index contributed by atoms with van der Waals surface area (Å²) in [5.41, 5.74) is 0.567. The Hall–Kier alpha value is -1.86. The predicted molar refractivity (Wildman–Crippen MR) is 75.2 cm³/mol. The molecule has 0 aliphatic rings. The lowest BCUT2D eigenvalue weighted by atomic mass is 10.2. The van der Waals surface area contributed by atoms with E-state index in [4.69, 9.17) is 14.2 Å². The van der Waals surface area contributed by atoms with Gasteiger partial charge in [0.05, 0.1) is 24.1 Å². The van der Waals surface area contributed by atoms with Crippen LogP contribution < -0.4 is 10.1 Å². The Morgan fingerprint density at radius 3 is 2.55 bits per heavy atom. The molecular weight excluding hydrogens is 264 g/mol. The molecule has 1 aromatic carbocycles. The first-order chi connectivity index (χ1) is 9.60. The summed E-state index contributed by atoms with van der Waals surface area (Å²) in [4.78, 5) is 10.5. The van der Waals surface area contributed by atoms with Crippen LogP contribution in [0.25, 0.3) is 0 Å². The summed E-state index contributed by atoms with van der Waals surface area (Å²) < 4.78 is 15.5. The Morgan fingerprint density at radius 1 is 1.30 bits per heavy atom. The lowest BCUT2D eigenvalue weighted by Gasteiger charge is -2.15. The number of methoxy groups -OCH3 is 2. The first kappa shape index (κ1) is 16.2. The highest BCUT2D eigenvalue weighted by Crippen LogP contribution is 2.26. The van der Waals surface area contributed by atoms with Crippen LogP contribution in [-0.2, 0) is 9.47 Å². The van der Waals surface area contributed by atoms with E-state index in [1.807, 2.05) is 6.92 Å². The van der Waals surface area contributed by atoms with Crippen molar-refractivity contribution in [2.45, 2.75) is 19.6 Å². The molecule has 7 heteroatoms. The summed E-state index contributed by atoms with van der Waals surface area (Å²) >= 11 is 0. The Labute approximate surface area is 118 Å². The fourth-order valence-electron chi connectivity index (χ4n) is 1.56. The molecule has 0 aromatic heterocycles. The molecule has 20 heavy (non-hydrogen) atoms. The number of anilines is 1. The number of nitro benzene ring substituents is 1. The van der Waals surface area contributed by atoms with Gasteiger partial charge in [-0.1, -0.05) is 6.92 Å². The van der Waals surface area contributed by atoms with Crippen LogP contribution in [0.3, 0.4) is 0 Å². The molecule has 0 atom stereocenters. The van der Waals surface area contributed by atoms with Gasteiger partial charge in [0.1, 0.15) is 5.75 Å². The average Bonchev–Trinajstić information content (AvgIpc) is 2.46. The third-order valence-electron chi connectivity index (χ3n) is 2.57. The zero-order valence-corrected chi connectivity index (χ0v) is 11.9. The number of nitrogens with one attached hydrogen (secondary N) is 1. The number of ether oxygens (including phenoxy) is 3. The van der Waals surface area contributed by atoms with Crippen molar-refractivity contribution < 1.29 is 19.1 Å². The molecule has 0 fully saturated rings. The van der Waals surface area contributed by atoms with Gasteiger partial charge in [0.15, 0.2) is 6.29 Å². The van der Waals surface area contributed by atoms with E-state index in [-0.39, 0.29) is 5.69 Å². The first-order valence-corrected chi connectivity index (χ1v) is 6.32. The van der Waals surface area contributed by atoms with Gasteiger partial charge in [-0.3, -0.25) is 10.1 Å². The van der Waals surface area contributed by atoms with Crippen LogP contribution in [0.1, 0.15) is 13.3 Å². The van der Waals surface area contributed by atoms with Gasteiger partial charge in [-0.05, 0) is 6.42 Å². The van der Waals surface area contributed by atoms with Crippen LogP contribution >= 0.6 is 0 Å². The number of hydrogen-bond acceptors (Lipinski definition) is 6. The minimum absolute atomic E-state index is 0.0208. The summed E-state index contributed by atoms with van der Waals surface area (Å²) in [6, 6.07) is 4.57. The van der Waals surface area contributed by atoms with Crippen molar-refractivity contribution in [2.24, 2.45) is 0 Å². The van der Waals surface area contributed by atoms with Crippen LogP contribution in [0, 0.1) is 10.1 Å². The lowest BCUT2D eigenvalue weighted by Crippen LogP contribution is -2.23. The summed E-state index contributed by atoms with van der Waals surface area (Å²) in [6.07, 6.45) is 0.412. The van der Waals surface area contributed by atoms with Crippen molar-refractivity contribution in [3.8, 4) is 5.75 Å². The van der Waals surface area contributed by atoms with E-state index in [9.17, 15) is 10.1 Å². The van der Waals surface area contributed by atoms with Crippen LogP contribution in [0.15, 0.2) is 18.2 Å². The van der Waals surface area contributed by atoms with Crippen molar-refractivity contribution in [3.05, 3.63) is 28.3 Å². The molecule has 1 rings (SSSR count). The maximum absolute atomic E-state index is 10.9. The first-order valence-electron chi connectivity index (χ1n) is 6.32. The van der Waals surface area contributed by atoms with Crippen molar-refractivity contribution in [3.63, 3.8) is 0 Å². The highest BCUT2D eigenvalue weighted by Gasteiger charge is 2.12.